The van der Waals surface area contributed by atoms with E-state index in [-0.39, 0.29) is 85.9 Å². The van der Waals surface area contributed by atoms with Crippen LogP contribution in [-0.2, 0) is 52.9 Å². The van der Waals surface area contributed by atoms with Gasteiger partial charge in [-0.3, -0.25) is 14.4 Å². The molecule has 6 aliphatic rings. The number of ether oxygens (including phenoxy) is 5. The van der Waals surface area contributed by atoms with Gasteiger partial charge in [0.15, 0.2) is 5.78 Å². The number of ketones is 2. The average molecular weight is 1000 g/mol. The van der Waals surface area contributed by atoms with Gasteiger partial charge in [-0.15, -0.1) is 0 Å². The van der Waals surface area contributed by atoms with Gasteiger partial charge in [0.25, 0.3) is 11.7 Å². The number of allylic oxidation sites excluding steroid dienone is 6. The van der Waals surface area contributed by atoms with Gasteiger partial charge in [-0.25, -0.2) is 13.2 Å². The molecule has 0 radical (unpaired) electrons. The monoisotopic (exact) mass is 1000 g/mol. The lowest BCUT2D eigenvalue weighted by molar-refractivity contribution is -0.264. The Balaban J connectivity index is 1.32. The highest BCUT2D eigenvalue weighted by atomic mass is 32.2. The summed E-state index contributed by atoms with van der Waals surface area (Å²) in [6, 6.07) is -1.70. The van der Waals surface area contributed by atoms with Crippen molar-refractivity contribution in [2.75, 3.05) is 46.3 Å². The van der Waals surface area contributed by atoms with Crippen LogP contribution in [0, 0.1) is 41.4 Å². The molecular weight excluding hydrogens is 921 g/mol. The Kier molecular flexibility index (Phi) is 19.8. The topological polar surface area (TPSA) is 216 Å². The number of hydrogen-bond donors (Lipinski definition) is 3. The van der Waals surface area contributed by atoms with E-state index in [1.165, 1.54) is 16.3 Å². The maximum Gasteiger partial charge on any atom is 0.329 e. The SMILES string of the molecule is CO[C@@H]1C[C@H](C[C@H]2C3CCN4C(=O)C(=O)[C@]5(O)O[C@@H](CC[C@H]5C)CC(N5CCS5(=O)=O)/C(C)=C/C=C/C=C/[C@@H](C)C[C@@H](C)C(=O)[C@H](OC)[C@H](O)/C(C)=C/[C@@H](C)CC[C@@H]2OC(=O)[C@@H]4C3)CC[C@H]1OCCO. The molecule has 3 N–H and O–H groups in total. The minimum atomic E-state index is -3.54. The number of sulfonamides is 1. The molecule has 5 aliphatic heterocycles. The van der Waals surface area contributed by atoms with Gasteiger partial charge in [-0.05, 0) is 126 Å². The first-order chi connectivity index (χ1) is 33.2. The van der Waals surface area contributed by atoms with Crippen LogP contribution in [0.2, 0.25) is 0 Å². The lowest BCUT2D eigenvalue weighted by atomic mass is 9.71. The van der Waals surface area contributed by atoms with Crippen molar-refractivity contribution in [1.29, 1.82) is 0 Å². The van der Waals surface area contributed by atoms with Crippen LogP contribution in [0.5, 0.6) is 0 Å². The summed E-state index contributed by atoms with van der Waals surface area (Å²) in [4.78, 5) is 58.4. The van der Waals surface area contributed by atoms with E-state index in [1.54, 1.807) is 21.0 Å². The molecule has 1 aliphatic carbocycles. The molecule has 17 heteroatoms. The van der Waals surface area contributed by atoms with E-state index < -0.39 is 81.8 Å². The summed E-state index contributed by atoms with van der Waals surface area (Å²) in [6.07, 6.45) is 13.7. The number of piperidine rings is 1. The Labute approximate surface area is 416 Å². The van der Waals surface area contributed by atoms with E-state index >= 15 is 0 Å². The van der Waals surface area contributed by atoms with Crippen LogP contribution in [0.4, 0.5) is 0 Å². The average Bonchev–Trinajstić information content (AvgIpc) is 3.42. The van der Waals surface area contributed by atoms with Gasteiger partial charge < -0.3 is 43.9 Å². The van der Waals surface area contributed by atoms with Crippen LogP contribution in [0.1, 0.15) is 119 Å². The molecule has 5 fully saturated rings. The van der Waals surface area contributed by atoms with Crippen molar-refractivity contribution in [3.05, 3.63) is 47.6 Å². The predicted molar refractivity (Wildman–Crippen MR) is 262 cm³/mol. The van der Waals surface area contributed by atoms with Gasteiger partial charge in [0, 0.05) is 45.2 Å². The summed E-state index contributed by atoms with van der Waals surface area (Å²) >= 11 is 0. The van der Waals surface area contributed by atoms with Crippen molar-refractivity contribution in [2.45, 2.75) is 173 Å². The number of carbonyl (C=O) groups is 4. The second-order valence-electron chi connectivity index (χ2n) is 21.4. The number of rotatable bonds is 8. The van der Waals surface area contributed by atoms with Crippen LogP contribution in [0.25, 0.3) is 0 Å². The number of esters is 1. The predicted octanol–water partition coefficient (Wildman–Crippen LogP) is 5.24. The van der Waals surface area contributed by atoms with E-state index in [9.17, 15) is 42.9 Å². The van der Waals surface area contributed by atoms with Crippen molar-refractivity contribution in [3.63, 3.8) is 0 Å². The van der Waals surface area contributed by atoms with Crippen LogP contribution in [0.15, 0.2) is 47.6 Å². The highest BCUT2D eigenvalue weighted by Gasteiger charge is 2.55. The number of methoxy groups -OCH3 is 2. The van der Waals surface area contributed by atoms with Crippen LogP contribution in [-0.4, -0.2) is 157 Å². The Morgan fingerprint density at radius 2 is 1.57 bits per heavy atom. The number of fused-ring (bicyclic) bond motifs is 5. The molecule has 70 heavy (non-hydrogen) atoms. The molecular formula is C53H82N2O14S. The molecule has 16 nitrogen and oxygen atoms in total. The number of carbonyl (C=O) groups excluding carboxylic acids is 4. The minimum Gasteiger partial charge on any atom is -0.461 e. The Hall–Kier alpha value is -3.13. The molecule has 6 rings (SSSR count). The van der Waals surface area contributed by atoms with E-state index in [0.29, 0.717) is 50.6 Å². The minimum absolute atomic E-state index is 0.000666. The largest absolute Gasteiger partial charge is 0.461 e. The first-order valence-corrected chi connectivity index (χ1v) is 27.5. The first kappa shape index (κ1) is 56.2. The fourth-order valence-corrected chi connectivity index (χ4v) is 13.5. The highest BCUT2D eigenvalue weighted by Crippen LogP contribution is 2.45. The van der Waals surface area contributed by atoms with Gasteiger partial charge in [-0.2, -0.15) is 4.31 Å². The summed E-state index contributed by atoms with van der Waals surface area (Å²) in [5.41, 5.74) is 1.32. The molecule has 0 spiro atoms. The number of Topliss-reactive ketones (excluding diaryl/α,β-unsaturated/α-hetero) is 2. The van der Waals surface area contributed by atoms with E-state index in [1.807, 2.05) is 64.2 Å². The Morgan fingerprint density at radius 1 is 0.814 bits per heavy atom. The van der Waals surface area contributed by atoms with Gasteiger partial charge in [-0.1, -0.05) is 69.7 Å². The van der Waals surface area contributed by atoms with Crippen LogP contribution >= 0.6 is 0 Å². The number of aliphatic hydroxyl groups excluding tert-OH is 2. The highest BCUT2D eigenvalue weighted by molar-refractivity contribution is 7.90. The van der Waals surface area contributed by atoms with E-state index in [4.69, 9.17) is 23.7 Å². The fourth-order valence-electron chi connectivity index (χ4n) is 12.1. The molecule has 2 unspecified atom stereocenters. The molecule has 0 aromatic heterocycles. The zero-order valence-electron chi connectivity index (χ0n) is 42.8. The number of hydrogen-bond acceptors (Lipinski definition) is 14. The fraction of sp³-hybridized carbons (Fsp3) is 0.774. The van der Waals surface area contributed by atoms with Crippen LogP contribution in [0.3, 0.4) is 0 Å². The lowest BCUT2D eigenvalue weighted by Crippen LogP contribution is -2.61. The lowest BCUT2D eigenvalue weighted by Gasteiger charge is -2.45. The maximum atomic E-state index is 14.5. The van der Waals surface area contributed by atoms with Gasteiger partial charge in [0.2, 0.25) is 15.8 Å². The molecule has 0 aromatic rings. The molecule has 16 atom stereocenters. The van der Waals surface area contributed by atoms with Crippen LogP contribution < -0.4 is 0 Å². The Bertz CT molecular complexity index is 2070. The van der Waals surface area contributed by atoms with Crippen molar-refractivity contribution in [2.24, 2.45) is 41.4 Å². The normalized spacial score (nSPS) is 42.4. The molecule has 394 valence electrons. The number of amides is 1. The van der Waals surface area contributed by atoms with Crippen molar-refractivity contribution in [3.8, 4) is 0 Å². The maximum absolute atomic E-state index is 14.5. The quantitative estimate of drug-likeness (QED) is 0.161. The van der Waals surface area contributed by atoms with Crippen molar-refractivity contribution >= 4 is 33.5 Å². The first-order valence-electron chi connectivity index (χ1n) is 25.9. The molecule has 1 amide bonds. The summed E-state index contributed by atoms with van der Waals surface area (Å²) in [5.74, 6) is -6.65. The molecule has 5 heterocycles. The third-order valence-corrected chi connectivity index (χ3v) is 18.3. The number of aliphatic hydroxyl groups is 3. The van der Waals surface area contributed by atoms with E-state index in [0.717, 1.165) is 31.3 Å². The van der Waals surface area contributed by atoms with Crippen molar-refractivity contribution in [1.82, 2.24) is 9.21 Å². The van der Waals surface area contributed by atoms with Crippen molar-refractivity contribution < 1.29 is 66.6 Å². The summed E-state index contributed by atoms with van der Waals surface area (Å²) in [6.45, 7) is 11.7. The summed E-state index contributed by atoms with van der Waals surface area (Å²) < 4.78 is 57.7. The molecule has 4 saturated heterocycles. The molecule has 5 bridgehead atoms. The zero-order chi connectivity index (χ0) is 51.1. The smallest absolute Gasteiger partial charge is 0.329 e. The third kappa shape index (κ3) is 13.1. The van der Waals surface area contributed by atoms with Gasteiger partial charge >= 0.3 is 5.97 Å². The third-order valence-electron chi connectivity index (χ3n) is 16.4. The molecule has 0 aromatic carbocycles. The second kappa shape index (κ2) is 24.7. The zero-order valence-corrected chi connectivity index (χ0v) is 43.6. The summed E-state index contributed by atoms with van der Waals surface area (Å²) in [5, 5.41) is 33.1. The summed E-state index contributed by atoms with van der Waals surface area (Å²) in [7, 11) is -0.444. The van der Waals surface area contributed by atoms with E-state index in [2.05, 4.69) is 0 Å². The second-order valence-corrected chi connectivity index (χ2v) is 23.5. The Morgan fingerprint density at radius 3 is 2.24 bits per heavy atom. The van der Waals surface area contributed by atoms with Gasteiger partial charge in [0.1, 0.15) is 24.4 Å². The van der Waals surface area contributed by atoms with Gasteiger partial charge in [0.05, 0.1) is 37.3 Å². The standard InChI is InChI=1S/C53H82N2O14S/c1-32-12-10-9-11-13-34(3)42(55-22-25-70(55,63)64)31-40-17-15-37(6)53(62,69-40)50(59)51(60)54-21-20-39-30-43(54)52(61)68-44(41(39)28-38-16-19-45(67-24-23-56)46(29-38)65-7)18-14-33(2)27-36(5)48(58)49(66-8)47(57)35(4)26-32/h9-13,27,32-33,35,37-46,48-49,56,58,62H,14-26,28-31H2,1-8H3/b11-9+,12-10+,34-13+,36-27+/t32-,33+,35-,37-,38+,39?,40+,41+,42?,43+,44+,45-,46-,48-,49+,53-/m1/s1. The number of nitrogens with zero attached hydrogens (tertiary/aromatic N) is 2. The molecule has 1 saturated carbocycles.